The van der Waals surface area contributed by atoms with Crippen molar-refractivity contribution in [3.63, 3.8) is 0 Å². The molecule has 1 aromatic heterocycles. The van der Waals surface area contributed by atoms with Gasteiger partial charge in [-0.3, -0.25) is 9.59 Å². The molecule has 0 atom stereocenters. The van der Waals surface area contributed by atoms with Crippen molar-refractivity contribution in [3.8, 4) is 0 Å². The minimum absolute atomic E-state index is 0.220. The largest absolute Gasteiger partial charge is 0.345 e. The number of hydrogen-bond donors (Lipinski definition) is 1. The third-order valence-corrected chi connectivity index (χ3v) is 4.33. The lowest BCUT2D eigenvalue weighted by molar-refractivity contribution is -0.146. The molecule has 3 rings (SSSR count). The van der Waals surface area contributed by atoms with Crippen LogP contribution in [0, 0.1) is 6.92 Å². The van der Waals surface area contributed by atoms with Gasteiger partial charge in [0.05, 0.1) is 0 Å². The smallest absolute Gasteiger partial charge is 0.312 e. The molecule has 1 aliphatic heterocycles. The Bertz CT molecular complexity index is 520. The summed E-state index contributed by atoms with van der Waals surface area (Å²) in [5.74, 6) is -0.106. The van der Waals surface area contributed by atoms with Crippen molar-refractivity contribution in [2.24, 2.45) is 0 Å². The van der Waals surface area contributed by atoms with Crippen molar-refractivity contribution >= 4 is 28.5 Å². The average molecular weight is 295 g/mol. The molecule has 1 N–H and O–H groups in total. The molecule has 1 saturated heterocycles. The van der Waals surface area contributed by atoms with E-state index in [4.69, 9.17) is 0 Å². The molecule has 1 aromatic rings. The number of nitrogens with zero attached hydrogens (tertiary/aromatic N) is 4. The first-order valence-electron chi connectivity index (χ1n) is 6.78. The van der Waals surface area contributed by atoms with Crippen LogP contribution in [0.4, 0.5) is 5.13 Å². The molecule has 1 aliphatic carbocycles. The molecule has 0 radical (unpaired) electrons. The highest BCUT2D eigenvalue weighted by Crippen LogP contribution is 2.20. The number of nitrogens with one attached hydrogen (secondary N) is 1. The van der Waals surface area contributed by atoms with Crippen molar-refractivity contribution in [3.05, 3.63) is 5.82 Å². The number of aryl methyl sites for hydroxylation is 1. The van der Waals surface area contributed by atoms with Gasteiger partial charge in [0.2, 0.25) is 5.13 Å². The molecule has 0 unspecified atom stereocenters. The lowest BCUT2D eigenvalue weighted by atomic mass is 10.3. The van der Waals surface area contributed by atoms with Gasteiger partial charge in [-0.2, -0.15) is 4.37 Å². The normalized spacial score (nSPS) is 19.1. The van der Waals surface area contributed by atoms with E-state index in [1.165, 1.54) is 11.5 Å². The zero-order valence-electron chi connectivity index (χ0n) is 11.3. The van der Waals surface area contributed by atoms with Gasteiger partial charge in [-0.05, 0) is 19.8 Å². The Labute approximate surface area is 121 Å². The van der Waals surface area contributed by atoms with Gasteiger partial charge in [0.15, 0.2) is 0 Å². The Morgan fingerprint density at radius 3 is 2.50 bits per heavy atom. The highest BCUT2D eigenvalue weighted by Gasteiger charge is 2.31. The molecular weight excluding hydrogens is 278 g/mol. The second-order valence-electron chi connectivity index (χ2n) is 5.15. The molecule has 2 amide bonds. The summed E-state index contributed by atoms with van der Waals surface area (Å²) in [5.41, 5.74) is 0. The summed E-state index contributed by atoms with van der Waals surface area (Å²) >= 11 is 1.37. The molecule has 8 heteroatoms. The number of amides is 2. The summed E-state index contributed by atoms with van der Waals surface area (Å²) in [6.07, 6.45) is 1.98. The third kappa shape index (κ3) is 2.90. The molecule has 2 heterocycles. The summed E-state index contributed by atoms with van der Waals surface area (Å²) in [6, 6.07) is 0.220. The fourth-order valence-electron chi connectivity index (χ4n) is 2.13. The number of carbonyl (C=O) groups excluding carboxylic acids is 2. The highest BCUT2D eigenvalue weighted by molar-refractivity contribution is 7.09. The Balaban J connectivity index is 1.52. The van der Waals surface area contributed by atoms with Gasteiger partial charge >= 0.3 is 11.8 Å². The molecule has 108 valence electrons. The number of aromatic nitrogens is 2. The van der Waals surface area contributed by atoms with Crippen LogP contribution in [0.15, 0.2) is 0 Å². The van der Waals surface area contributed by atoms with E-state index >= 15 is 0 Å². The Morgan fingerprint density at radius 1 is 1.25 bits per heavy atom. The van der Waals surface area contributed by atoms with Crippen LogP contribution in [0.25, 0.3) is 0 Å². The lowest BCUT2D eigenvalue weighted by Crippen LogP contribution is -2.53. The zero-order valence-corrected chi connectivity index (χ0v) is 12.2. The minimum Gasteiger partial charge on any atom is -0.345 e. The number of rotatable bonds is 2. The van der Waals surface area contributed by atoms with E-state index in [2.05, 4.69) is 19.6 Å². The predicted molar refractivity (Wildman–Crippen MR) is 74.6 cm³/mol. The number of hydrogen-bond acceptors (Lipinski definition) is 6. The van der Waals surface area contributed by atoms with Gasteiger partial charge < -0.3 is 15.1 Å². The van der Waals surface area contributed by atoms with Crippen molar-refractivity contribution < 1.29 is 9.59 Å². The Morgan fingerprint density at radius 2 is 1.95 bits per heavy atom. The van der Waals surface area contributed by atoms with E-state index in [9.17, 15) is 9.59 Å². The first-order chi connectivity index (χ1) is 9.63. The van der Waals surface area contributed by atoms with E-state index in [0.717, 1.165) is 23.8 Å². The average Bonchev–Trinajstić information content (AvgIpc) is 3.17. The lowest BCUT2D eigenvalue weighted by Gasteiger charge is -2.33. The van der Waals surface area contributed by atoms with Gasteiger partial charge in [-0.15, -0.1) is 0 Å². The number of piperazine rings is 1. The SMILES string of the molecule is Cc1nsc(N2CCN(C(=O)C(=O)NC3CC3)CC2)n1. The molecule has 0 aromatic carbocycles. The summed E-state index contributed by atoms with van der Waals surface area (Å²) < 4.78 is 4.16. The Hall–Kier alpha value is -1.70. The first-order valence-corrected chi connectivity index (χ1v) is 7.56. The summed E-state index contributed by atoms with van der Waals surface area (Å²) in [4.78, 5) is 31.7. The van der Waals surface area contributed by atoms with Crippen molar-refractivity contribution in [1.29, 1.82) is 0 Å². The topological polar surface area (TPSA) is 78.4 Å². The maximum Gasteiger partial charge on any atom is 0.312 e. The monoisotopic (exact) mass is 295 g/mol. The molecule has 7 nitrogen and oxygen atoms in total. The third-order valence-electron chi connectivity index (χ3n) is 3.46. The van der Waals surface area contributed by atoms with E-state index in [-0.39, 0.29) is 6.04 Å². The van der Waals surface area contributed by atoms with Gasteiger partial charge in [-0.1, -0.05) is 0 Å². The number of anilines is 1. The predicted octanol–water partition coefficient (Wildman–Crippen LogP) is -0.226. The van der Waals surface area contributed by atoms with Gasteiger partial charge in [0.1, 0.15) is 5.82 Å². The van der Waals surface area contributed by atoms with E-state index in [1.807, 2.05) is 6.92 Å². The molecule has 0 spiro atoms. The number of carbonyl (C=O) groups is 2. The van der Waals surface area contributed by atoms with Gasteiger partial charge in [-0.25, -0.2) is 4.98 Å². The van der Waals surface area contributed by atoms with Crippen LogP contribution in [0.1, 0.15) is 18.7 Å². The second kappa shape index (κ2) is 5.35. The van der Waals surface area contributed by atoms with E-state index in [0.29, 0.717) is 26.2 Å². The quantitative estimate of drug-likeness (QED) is 0.763. The molecular formula is C12H17N5O2S. The van der Waals surface area contributed by atoms with Gasteiger partial charge in [0.25, 0.3) is 0 Å². The van der Waals surface area contributed by atoms with Crippen LogP contribution in [0.2, 0.25) is 0 Å². The zero-order chi connectivity index (χ0) is 14.1. The highest BCUT2D eigenvalue weighted by atomic mass is 32.1. The van der Waals surface area contributed by atoms with Gasteiger partial charge in [0, 0.05) is 43.8 Å². The minimum atomic E-state index is -0.465. The standard InChI is InChI=1S/C12H17N5O2S/c1-8-13-12(20-15-8)17-6-4-16(5-7-17)11(19)10(18)14-9-2-3-9/h9H,2-7H2,1H3,(H,14,18). The summed E-state index contributed by atoms with van der Waals surface area (Å²) in [7, 11) is 0. The van der Waals surface area contributed by atoms with Crippen LogP contribution in [-0.2, 0) is 9.59 Å². The van der Waals surface area contributed by atoms with Crippen LogP contribution >= 0.6 is 11.5 Å². The fourth-order valence-corrected chi connectivity index (χ4v) is 2.86. The maximum absolute atomic E-state index is 12.0. The summed E-state index contributed by atoms with van der Waals surface area (Å²) in [5, 5.41) is 3.62. The van der Waals surface area contributed by atoms with Crippen LogP contribution < -0.4 is 10.2 Å². The molecule has 2 aliphatic rings. The molecule has 2 fully saturated rings. The maximum atomic E-state index is 12.0. The van der Waals surface area contributed by atoms with Crippen LogP contribution in [-0.4, -0.2) is 58.3 Å². The van der Waals surface area contributed by atoms with E-state index < -0.39 is 11.8 Å². The first kappa shape index (κ1) is 13.3. The van der Waals surface area contributed by atoms with E-state index in [1.54, 1.807) is 4.90 Å². The molecule has 1 saturated carbocycles. The Kier molecular flexibility index (Phi) is 3.56. The van der Waals surface area contributed by atoms with Crippen molar-refractivity contribution in [1.82, 2.24) is 19.6 Å². The molecule has 0 bridgehead atoms. The van der Waals surface area contributed by atoms with Crippen molar-refractivity contribution in [2.75, 3.05) is 31.1 Å². The van der Waals surface area contributed by atoms with Crippen LogP contribution in [0.5, 0.6) is 0 Å². The van der Waals surface area contributed by atoms with Crippen molar-refractivity contribution in [2.45, 2.75) is 25.8 Å². The van der Waals surface area contributed by atoms with Crippen LogP contribution in [0.3, 0.4) is 0 Å². The fraction of sp³-hybridized carbons (Fsp3) is 0.667. The summed E-state index contributed by atoms with van der Waals surface area (Å²) in [6.45, 7) is 4.35. The second-order valence-corrected chi connectivity index (χ2v) is 5.88. The molecule has 20 heavy (non-hydrogen) atoms.